The van der Waals surface area contributed by atoms with Gasteiger partial charge in [0.05, 0.1) is 18.8 Å². The normalized spacial score (nSPS) is 48.8. The maximum absolute atomic E-state index is 12.1. The van der Waals surface area contributed by atoms with Crippen LogP contribution in [0.4, 0.5) is 4.79 Å². The molecule has 5 aliphatic carbocycles. The molecule has 1 amide bonds. The molecule has 5 aliphatic rings. The number of amides is 1. The molecule has 2 unspecified atom stereocenters. The lowest BCUT2D eigenvalue weighted by Crippen LogP contribution is -2.62. The highest BCUT2D eigenvalue weighted by Gasteiger charge is 2.64. The van der Waals surface area contributed by atoms with Crippen molar-refractivity contribution in [2.75, 3.05) is 6.61 Å². The summed E-state index contributed by atoms with van der Waals surface area (Å²) in [6.07, 6.45) is 11.2. The summed E-state index contributed by atoms with van der Waals surface area (Å²) in [5, 5.41) is 25.3. The zero-order valence-electron chi connectivity index (χ0n) is 22.9. The summed E-state index contributed by atoms with van der Waals surface area (Å²) in [5.74, 6) is 3.48. The van der Waals surface area contributed by atoms with Gasteiger partial charge in [-0.25, -0.2) is 4.79 Å². The van der Waals surface area contributed by atoms with Crippen molar-refractivity contribution in [3.63, 3.8) is 0 Å². The third-order valence-electron chi connectivity index (χ3n) is 12.4. The first kappa shape index (κ1) is 25.8. The first-order valence-electron chi connectivity index (χ1n) is 14.8. The summed E-state index contributed by atoms with van der Waals surface area (Å²) < 4.78 is 5.56. The molecule has 5 saturated carbocycles. The highest BCUT2D eigenvalue weighted by Crippen LogP contribution is 2.69. The average molecular weight is 490 g/mol. The molecule has 5 nitrogen and oxygen atoms in total. The van der Waals surface area contributed by atoms with E-state index in [2.05, 4.69) is 39.9 Å². The van der Waals surface area contributed by atoms with Gasteiger partial charge in [-0.3, -0.25) is 0 Å². The van der Waals surface area contributed by atoms with Gasteiger partial charge in [0.1, 0.15) is 0 Å². The highest BCUT2D eigenvalue weighted by molar-refractivity contribution is 5.68. The quantitative estimate of drug-likeness (QED) is 0.433. The fourth-order valence-corrected chi connectivity index (χ4v) is 10.1. The van der Waals surface area contributed by atoms with Crippen molar-refractivity contribution in [3.8, 4) is 0 Å². The summed E-state index contributed by atoms with van der Waals surface area (Å²) in [5.41, 5.74) is 0.492. The van der Waals surface area contributed by atoms with E-state index in [1.54, 1.807) is 0 Å². The molecule has 0 heterocycles. The molecule has 0 aromatic heterocycles. The van der Waals surface area contributed by atoms with Gasteiger partial charge in [-0.1, -0.05) is 34.1 Å². The number of carbonyl (C=O) groups is 1. The van der Waals surface area contributed by atoms with Gasteiger partial charge in [0.15, 0.2) is 0 Å². The Morgan fingerprint density at radius 1 is 0.971 bits per heavy atom. The van der Waals surface area contributed by atoms with Crippen LogP contribution >= 0.6 is 0 Å². The van der Waals surface area contributed by atoms with E-state index in [-0.39, 0.29) is 34.7 Å². The molecule has 11 atom stereocenters. The molecular formula is C30H51NO4. The number of carbonyl (C=O) groups excluding carboxylic acids is 1. The minimum Gasteiger partial charge on any atom is -0.450 e. The predicted molar refractivity (Wildman–Crippen MR) is 138 cm³/mol. The number of alkyl carbamates (subject to hydrolysis) is 1. The third-order valence-corrected chi connectivity index (χ3v) is 12.4. The van der Waals surface area contributed by atoms with Crippen molar-refractivity contribution in [1.29, 1.82) is 0 Å². The molecule has 0 spiro atoms. The molecule has 5 fully saturated rings. The van der Waals surface area contributed by atoms with Crippen LogP contribution < -0.4 is 5.32 Å². The average Bonchev–Trinajstić information content (AvgIpc) is 3.41. The number of hydrogen-bond donors (Lipinski definition) is 3. The van der Waals surface area contributed by atoms with Gasteiger partial charge in [0.2, 0.25) is 0 Å². The minimum atomic E-state index is -0.260. The summed E-state index contributed by atoms with van der Waals surface area (Å²) in [6, 6.07) is 0. The number of fused-ring (bicyclic) bond motifs is 5. The summed E-state index contributed by atoms with van der Waals surface area (Å²) in [4.78, 5) is 12.1. The molecule has 0 aliphatic heterocycles. The zero-order valence-corrected chi connectivity index (χ0v) is 22.9. The zero-order chi connectivity index (χ0) is 25.2. The van der Waals surface area contributed by atoms with E-state index in [4.69, 9.17) is 4.74 Å². The van der Waals surface area contributed by atoms with E-state index >= 15 is 0 Å². The molecule has 35 heavy (non-hydrogen) atoms. The smallest absolute Gasteiger partial charge is 0.407 e. The van der Waals surface area contributed by atoms with Crippen LogP contribution in [0.15, 0.2) is 0 Å². The van der Waals surface area contributed by atoms with Crippen LogP contribution in [-0.4, -0.2) is 40.7 Å². The maximum atomic E-state index is 12.1. The van der Waals surface area contributed by atoms with Gasteiger partial charge in [0, 0.05) is 5.54 Å². The number of aliphatic hydroxyl groups is 2. The second-order valence-electron chi connectivity index (χ2n) is 14.2. The van der Waals surface area contributed by atoms with Crippen LogP contribution in [0, 0.1) is 52.3 Å². The number of aliphatic hydroxyl groups excluding tert-OH is 2. The summed E-state index contributed by atoms with van der Waals surface area (Å²) in [6.45, 7) is 12.2. The van der Waals surface area contributed by atoms with Crippen molar-refractivity contribution >= 4 is 6.09 Å². The number of nitrogens with one attached hydrogen (secondary N) is 1. The Labute approximate surface area is 213 Å². The lowest BCUT2D eigenvalue weighted by Gasteiger charge is -2.64. The van der Waals surface area contributed by atoms with Gasteiger partial charge < -0.3 is 20.3 Å². The molecule has 0 saturated heterocycles. The second-order valence-corrected chi connectivity index (χ2v) is 14.2. The van der Waals surface area contributed by atoms with Crippen molar-refractivity contribution in [1.82, 2.24) is 5.32 Å². The van der Waals surface area contributed by atoms with Gasteiger partial charge >= 0.3 is 6.09 Å². The molecule has 5 rings (SSSR count). The van der Waals surface area contributed by atoms with E-state index in [0.29, 0.717) is 48.0 Å². The molecular weight excluding hydrogens is 438 g/mol. The van der Waals surface area contributed by atoms with E-state index in [0.717, 1.165) is 44.9 Å². The Bertz CT molecular complexity index is 797. The molecule has 0 bridgehead atoms. The van der Waals surface area contributed by atoms with Crippen LogP contribution in [0.3, 0.4) is 0 Å². The fraction of sp³-hybridized carbons (Fsp3) is 0.967. The topological polar surface area (TPSA) is 78.8 Å². The molecule has 3 N–H and O–H groups in total. The standard InChI is InChI=1S/C30H51NO4/c1-6-20-24-17-19(32)9-12-30(24,5)23-10-13-29(4)21(7-8-22(29)25(23)26(20)33)18(2)11-16-35-27(34)31-28(3)14-15-28/h18-26,32-33H,6-17H2,1-5H3,(H,31,34)/t18-,19-,20-,21-,22+,23+,24?,25+,26-,29?,30-/m1/s1. The monoisotopic (exact) mass is 489 g/mol. The lowest BCUT2D eigenvalue weighted by molar-refractivity contribution is -0.203. The Hall–Kier alpha value is -0.810. The van der Waals surface area contributed by atoms with E-state index < -0.39 is 0 Å². The summed E-state index contributed by atoms with van der Waals surface area (Å²) in [7, 11) is 0. The molecule has 0 radical (unpaired) electrons. The number of ether oxygens (including phenoxy) is 1. The first-order chi connectivity index (χ1) is 16.5. The summed E-state index contributed by atoms with van der Waals surface area (Å²) >= 11 is 0. The minimum absolute atomic E-state index is 0.0310. The van der Waals surface area contributed by atoms with E-state index in [1.165, 1.54) is 25.7 Å². The molecule has 0 aromatic carbocycles. The van der Waals surface area contributed by atoms with Crippen LogP contribution in [0.5, 0.6) is 0 Å². The van der Waals surface area contributed by atoms with Crippen LogP contribution in [0.25, 0.3) is 0 Å². The number of rotatable bonds is 6. The highest BCUT2D eigenvalue weighted by atomic mass is 16.5. The largest absolute Gasteiger partial charge is 0.450 e. The van der Waals surface area contributed by atoms with Gasteiger partial charge in [0.25, 0.3) is 0 Å². The number of hydrogen-bond acceptors (Lipinski definition) is 4. The Morgan fingerprint density at radius 2 is 1.66 bits per heavy atom. The van der Waals surface area contributed by atoms with Crippen molar-refractivity contribution in [2.24, 2.45) is 52.3 Å². The molecule has 200 valence electrons. The van der Waals surface area contributed by atoms with Crippen LogP contribution in [0.2, 0.25) is 0 Å². The van der Waals surface area contributed by atoms with E-state index in [1.807, 2.05) is 0 Å². The fourth-order valence-electron chi connectivity index (χ4n) is 10.1. The van der Waals surface area contributed by atoms with Crippen LogP contribution in [-0.2, 0) is 4.74 Å². The Morgan fingerprint density at radius 3 is 2.34 bits per heavy atom. The van der Waals surface area contributed by atoms with E-state index in [9.17, 15) is 15.0 Å². The molecule has 0 aromatic rings. The maximum Gasteiger partial charge on any atom is 0.407 e. The van der Waals surface area contributed by atoms with Gasteiger partial charge in [-0.2, -0.15) is 0 Å². The molecule has 5 heteroatoms. The van der Waals surface area contributed by atoms with Crippen molar-refractivity contribution in [2.45, 2.75) is 123 Å². The lowest BCUT2D eigenvalue weighted by atomic mass is 9.41. The van der Waals surface area contributed by atoms with Gasteiger partial charge in [-0.15, -0.1) is 0 Å². The SMILES string of the molecule is CC[C@@H]1C2C[C@H](O)CC[C@]2(C)[C@H]2CCC3(C)[C@@H]([C@H](C)CCOC(=O)NC4(C)CC4)CC[C@H]3[C@@H]2[C@@H]1O. The predicted octanol–water partition coefficient (Wildman–Crippen LogP) is 5.92. The third kappa shape index (κ3) is 4.35. The van der Waals surface area contributed by atoms with Crippen molar-refractivity contribution < 1.29 is 19.7 Å². The van der Waals surface area contributed by atoms with Crippen LogP contribution in [0.1, 0.15) is 105 Å². The van der Waals surface area contributed by atoms with Crippen molar-refractivity contribution in [3.05, 3.63) is 0 Å². The Balaban J connectivity index is 1.27. The second kappa shape index (κ2) is 9.19. The Kier molecular flexibility index (Phi) is 6.78. The first-order valence-corrected chi connectivity index (χ1v) is 14.8. The van der Waals surface area contributed by atoms with Gasteiger partial charge in [-0.05, 0) is 123 Å².